The van der Waals surface area contributed by atoms with Crippen molar-refractivity contribution in [1.82, 2.24) is 10.6 Å². The highest BCUT2D eigenvalue weighted by Gasteiger charge is 2.58. The Morgan fingerprint density at radius 3 is 1.88 bits per heavy atom. The van der Waals surface area contributed by atoms with Crippen molar-refractivity contribution in [2.24, 2.45) is 28.4 Å². The predicted molar refractivity (Wildman–Crippen MR) is 253 cm³/mol. The summed E-state index contributed by atoms with van der Waals surface area (Å²) < 4.78 is 5.67. The molecule has 65 heavy (non-hydrogen) atoms. The number of benzene rings is 4. The van der Waals surface area contributed by atoms with Crippen LogP contribution < -0.4 is 21.7 Å². The predicted octanol–water partition coefficient (Wildman–Crippen LogP) is 9.73. The molecule has 4 aromatic rings. The normalized spacial score (nSPS) is 27.9. The lowest BCUT2D eigenvalue weighted by Crippen LogP contribution is -2.60. The molecular weight excluding hydrogens is 813 g/mol. The monoisotopic (exact) mass is 878 g/mol. The maximum Gasteiger partial charge on any atom is 0.407 e. The van der Waals surface area contributed by atoms with Crippen LogP contribution >= 0.6 is 0 Å². The Labute approximate surface area is 383 Å². The number of hydrogen-bond acceptors (Lipinski definition) is 7. The second-order valence-corrected chi connectivity index (χ2v) is 20.9. The van der Waals surface area contributed by atoms with Gasteiger partial charge in [-0.3, -0.25) is 19.7 Å². The molecule has 2 saturated carbocycles. The van der Waals surface area contributed by atoms with E-state index in [1.54, 1.807) is 6.07 Å². The van der Waals surface area contributed by atoms with Gasteiger partial charge in [0, 0.05) is 18.2 Å². The van der Waals surface area contributed by atoms with Gasteiger partial charge in [0.05, 0.1) is 16.9 Å². The van der Waals surface area contributed by atoms with Crippen molar-refractivity contribution >= 4 is 29.5 Å². The molecule has 0 radical (unpaired) electrons. The van der Waals surface area contributed by atoms with E-state index in [4.69, 9.17) is 10.5 Å². The first-order valence-electron chi connectivity index (χ1n) is 24.1. The van der Waals surface area contributed by atoms with E-state index in [0.29, 0.717) is 37.9 Å². The molecule has 10 heteroatoms. The minimum absolute atomic E-state index is 0.00190. The van der Waals surface area contributed by atoms with E-state index in [1.165, 1.54) is 33.4 Å². The molecule has 1 unspecified atom stereocenters. The zero-order valence-electron chi connectivity index (χ0n) is 38.6. The quantitative estimate of drug-likeness (QED) is 0.0741. The van der Waals surface area contributed by atoms with Gasteiger partial charge in [0.15, 0.2) is 0 Å². The van der Waals surface area contributed by atoms with Gasteiger partial charge in [-0.2, -0.15) is 0 Å². The van der Waals surface area contributed by atoms with Crippen molar-refractivity contribution in [3.8, 4) is 16.9 Å². The molecule has 9 rings (SSSR count). The van der Waals surface area contributed by atoms with Crippen LogP contribution in [0.5, 0.6) is 5.75 Å². The molecule has 0 heterocycles. The third-order valence-electron chi connectivity index (χ3n) is 17.1. The van der Waals surface area contributed by atoms with E-state index < -0.39 is 23.0 Å². The van der Waals surface area contributed by atoms with Crippen LogP contribution in [0.4, 0.5) is 10.5 Å². The Morgan fingerprint density at radius 2 is 1.28 bits per heavy atom. The molecule has 6 N–H and O–H groups in total. The van der Waals surface area contributed by atoms with Crippen LogP contribution in [0.3, 0.4) is 0 Å². The second-order valence-electron chi connectivity index (χ2n) is 20.9. The Kier molecular flexibility index (Phi) is 12.0. The number of fused-ring (bicyclic) bond motifs is 9. The minimum atomic E-state index is -0.749. The third-order valence-corrected chi connectivity index (χ3v) is 17.1. The van der Waals surface area contributed by atoms with Crippen molar-refractivity contribution < 1.29 is 29.0 Å². The highest BCUT2D eigenvalue weighted by atomic mass is 16.5. The summed E-state index contributed by atoms with van der Waals surface area (Å²) in [4.78, 5) is 55.2. The molecule has 0 bridgehead atoms. The minimum Gasteiger partial charge on any atom is -0.508 e. The number of nitrogens with two attached hydrogens (primary N) is 1. The molecular formula is C55H66N4O6. The van der Waals surface area contributed by atoms with Crippen LogP contribution in [0.25, 0.3) is 11.1 Å². The molecule has 5 aliphatic carbocycles. The maximum atomic E-state index is 14.6. The number of nitrogens with one attached hydrogen (secondary N) is 3. The van der Waals surface area contributed by atoms with E-state index in [1.807, 2.05) is 42.5 Å². The molecule has 10 nitrogen and oxygen atoms in total. The van der Waals surface area contributed by atoms with Crippen LogP contribution in [0.2, 0.25) is 0 Å². The highest BCUT2D eigenvalue weighted by molar-refractivity contribution is 6.01. The first-order chi connectivity index (χ1) is 31.2. The number of anilines is 1. The standard InChI is InChI=1S/C55H66N4O6/c1-52-26-11-28-54(3,49(62)59-50(63)55(4)29-12-27-53(2)44-32-37(60)23-19-35(44)21-25-47(53)55)46(52)24-20-34-18-22-36(31-43(34)52)58-48(61)45(56)17-9-10-30-57-51(64)65-33-42-40-15-7-5-13-38(40)39-14-6-8-16-41(39)42/h5-8,13-16,18-19,22-23,31-32,42,45-47,60H,9-12,17,20-21,24-30,33,56H2,1-4H3,(H,57,64)(H,58,61)(H,59,62,63)/t45?,46-,47-,52-,53-,54+,55+/m1/s1. The van der Waals surface area contributed by atoms with Crippen LogP contribution in [-0.2, 0) is 42.8 Å². The van der Waals surface area contributed by atoms with Crippen LogP contribution in [-0.4, -0.2) is 48.1 Å². The molecule has 0 aliphatic heterocycles. The number of unbranched alkanes of at least 4 members (excludes halogenated alkanes) is 1. The van der Waals surface area contributed by atoms with E-state index in [0.717, 1.165) is 68.9 Å². The highest BCUT2D eigenvalue weighted by Crippen LogP contribution is 2.60. The van der Waals surface area contributed by atoms with Gasteiger partial charge in [0.1, 0.15) is 12.4 Å². The first-order valence-corrected chi connectivity index (χ1v) is 24.1. The number of aromatic hydroxyl groups is 1. The molecule has 0 saturated heterocycles. The van der Waals surface area contributed by atoms with E-state index in [9.17, 15) is 24.3 Å². The van der Waals surface area contributed by atoms with Crippen LogP contribution in [0.15, 0.2) is 84.9 Å². The van der Waals surface area contributed by atoms with Crippen molar-refractivity contribution in [1.29, 1.82) is 0 Å². The summed E-state index contributed by atoms with van der Waals surface area (Å²) in [6.45, 7) is 9.31. The zero-order chi connectivity index (χ0) is 45.7. The fourth-order valence-electron chi connectivity index (χ4n) is 13.6. The smallest absolute Gasteiger partial charge is 0.407 e. The summed E-state index contributed by atoms with van der Waals surface area (Å²) in [5.41, 5.74) is 14.5. The van der Waals surface area contributed by atoms with Crippen molar-refractivity contribution in [3.63, 3.8) is 0 Å². The molecule has 2 fully saturated rings. The topological polar surface area (TPSA) is 160 Å². The van der Waals surface area contributed by atoms with Gasteiger partial charge >= 0.3 is 6.09 Å². The number of imide groups is 1. The average Bonchev–Trinajstić information content (AvgIpc) is 3.61. The van der Waals surface area contributed by atoms with Crippen LogP contribution in [0, 0.1) is 22.7 Å². The SMILES string of the molecule is C[C@]1(C(=O)NC(=O)[C@@]2(C)CCC[C@]3(C)c4cc(NC(=O)C(N)CCCCNC(=O)OCC5c6ccccc6-c6ccccc65)ccc4CC[C@@H]23)CCC[C@]2(C)c3cc(O)ccc3CC[C@@H]12. The summed E-state index contributed by atoms with van der Waals surface area (Å²) in [6, 6.07) is 27.6. The van der Waals surface area contributed by atoms with Gasteiger partial charge in [-0.15, -0.1) is 0 Å². The lowest BCUT2D eigenvalue weighted by molar-refractivity contribution is -0.150. The van der Waals surface area contributed by atoms with E-state index >= 15 is 0 Å². The van der Waals surface area contributed by atoms with Gasteiger partial charge in [-0.25, -0.2) is 4.79 Å². The number of hydrogen-bond donors (Lipinski definition) is 5. The third kappa shape index (κ3) is 7.93. The number of amides is 4. The Hall–Kier alpha value is -5.48. The molecule has 7 atom stereocenters. The number of rotatable bonds is 11. The number of ether oxygens (including phenoxy) is 1. The fraction of sp³-hybridized carbons (Fsp3) is 0.491. The number of carbonyl (C=O) groups is 4. The van der Waals surface area contributed by atoms with Crippen LogP contribution in [0.1, 0.15) is 138 Å². The lowest BCUT2D eigenvalue weighted by Gasteiger charge is -2.56. The van der Waals surface area contributed by atoms with Gasteiger partial charge in [0.2, 0.25) is 17.7 Å². The first kappa shape index (κ1) is 44.7. The molecule has 5 aliphatic rings. The largest absolute Gasteiger partial charge is 0.508 e. The summed E-state index contributed by atoms with van der Waals surface area (Å²) in [5.74, 6) is -0.287. The van der Waals surface area contributed by atoms with Crippen molar-refractivity contribution in [2.45, 2.75) is 134 Å². The number of phenols is 1. The van der Waals surface area contributed by atoms with Crippen molar-refractivity contribution in [3.05, 3.63) is 118 Å². The summed E-state index contributed by atoms with van der Waals surface area (Å²) >= 11 is 0. The second kappa shape index (κ2) is 17.4. The van der Waals surface area contributed by atoms with Gasteiger partial charge in [-0.1, -0.05) is 101 Å². The van der Waals surface area contributed by atoms with Gasteiger partial charge in [0.25, 0.3) is 0 Å². The molecule has 342 valence electrons. The number of alkyl carbamates (subject to hydrolysis) is 1. The maximum absolute atomic E-state index is 14.6. The lowest BCUT2D eigenvalue weighted by atomic mass is 9.49. The van der Waals surface area contributed by atoms with Crippen molar-refractivity contribution in [2.75, 3.05) is 18.5 Å². The molecule has 4 amide bonds. The Morgan fingerprint density at radius 1 is 0.723 bits per heavy atom. The van der Waals surface area contributed by atoms with Gasteiger partial charge in [-0.05, 0) is 162 Å². The summed E-state index contributed by atoms with van der Waals surface area (Å²) in [5, 5.41) is 19.4. The average molecular weight is 879 g/mol. The number of aryl methyl sites for hydroxylation is 2. The Bertz CT molecular complexity index is 2480. The van der Waals surface area contributed by atoms with E-state index in [-0.39, 0.29) is 58.7 Å². The summed E-state index contributed by atoms with van der Waals surface area (Å²) in [7, 11) is 0. The zero-order valence-corrected chi connectivity index (χ0v) is 38.6. The Balaban J connectivity index is 0.780. The fourth-order valence-corrected chi connectivity index (χ4v) is 13.6. The number of carbonyl (C=O) groups excluding carboxylic acids is 4. The molecule has 4 aromatic carbocycles. The van der Waals surface area contributed by atoms with E-state index in [2.05, 4.69) is 80.0 Å². The molecule has 0 spiro atoms. The summed E-state index contributed by atoms with van der Waals surface area (Å²) in [6.07, 6.45) is 9.70. The van der Waals surface area contributed by atoms with Gasteiger partial charge < -0.3 is 26.2 Å². The number of phenolic OH excluding ortho intramolecular Hbond substituents is 1. The molecule has 0 aromatic heterocycles.